The number of hydrogen-bond acceptors (Lipinski definition) is 5. The summed E-state index contributed by atoms with van der Waals surface area (Å²) in [6, 6.07) is 12.0. The molecule has 1 aliphatic rings. The molecule has 0 radical (unpaired) electrons. The summed E-state index contributed by atoms with van der Waals surface area (Å²) in [7, 11) is 0. The average Bonchev–Trinajstić information content (AvgIpc) is 2.93. The average molecular weight is 332 g/mol. The van der Waals surface area contributed by atoms with Crippen molar-refractivity contribution in [1.29, 1.82) is 0 Å². The number of H-pyrrole nitrogens is 1. The number of rotatable bonds is 3. The molecule has 7 heteroatoms. The summed E-state index contributed by atoms with van der Waals surface area (Å²) in [4.78, 5) is 28.3. The van der Waals surface area contributed by atoms with Crippen LogP contribution in [0.1, 0.15) is 18.9 Å². The van der Waals surface area contributed by atoms with Crippen molar-refractivity contribution in [3.05, 3.63) is 59.3 Å². The van der Waals surface area contributed by atoms with Crippen molar-refractivity contribution in [2.75, 3.05) is 5.32 Å². The first kappa shape index (κ1) is 14.2. The van der Waals surface area contributed by atoms with Gasteiger partial charge in [0.25, 0.3) is 0 Å². The van der Waals surface area contributed by atoms with Crippen molar-refractivity contribution in [1.82, 2.24) is 24.5 Å². The minimum atomic E-state index is -0.0981. The summed E-state index contributed by atoms with van der Waals surface area (Å²) in [5.74, 6) is 0.631. The van der Waals surface area contributed by atoms with Gasteiger partial charge in [0.1, 0.15) is 0 Å². The zero-order valence-corrected chi connectivity index (χ0v) is 13.4. The fraction of sp³-hybridized carbons (Fsp3) is 0.222. The summed E-state index contributed by atoms with van der Waals surface area (Å²) in [5, 5.41) is 4.39. The molecule has 0 aliphatic heterocycles. The van der Waals surface area contributed by atoms with Gasteiger partial charge < -0.3 is 10.3 Å². The maximum absolute atomic E-state index is 12.2. The third-order valence-electron chi connectivity index (χ3n) is 4.78. The number of aromatic nitrogens is 5. The highest BCUT2D eigenvalue weighted by atomic mass is 16.1. The molecule has 25 heavy (non-hydrogen) atoms. The van der Waals surface area contributed by atoms with Crippen LogP contribution in [-0.2, 0) is 0 Å². The Morgan fingerprint density at radius 2 is 2.00 bits per heavy atom. The van der Waals surface area contributed by atoms with E-state index in [0.717, 1.165) is 34.9 Å². The van der Waals surface area contributed by atoms with Crippen LogP contribution in [0.4, 0.5) is 5.95 Å². The second-order valence-corrected chi connectivity index (χ2v) is 6.39. The van der Waals surface area contributed by atoms with Gasteiger partial charge in [0.15, 0.2) is 5.65 Å². The van der Waals surface area contributed by atoms with Crippen LogP contribution in [-0.4, -0.2) is 30.5 Å². The third kappa shape index (κ3) is 2.36. The number of para-hydroxylation sites is 1. The normalized spacial score (nSPS) is 19.8. The fourth-order valence-corrected chi connectivity index (χ4v) is 3.44. The molecule has 1 aromatic carbocycles. The molecule has 0 saturated heterocycles. The largest absolute Gasteiger partial charge is 0.351 e. The van der Waals surface area contributed by atoms with E-state index >= 15 is 0 Å². The SMILES string of the molecule is O=c1[nH]c2cccnc2n1[C@H]1C[C@H](Nc2ncc3ccccc3n2)C1. The minimum absolute atomic E-state index is 0.0981. The van der Waals surface area contributed by atoms with E-state index in [4.69, 9.17) is 0 Å². The standard InChI is InChI=1S/C18H16N6O/c25-18-23-15-6-3-7-19-16(15)24(18)13-8-12(9-13)21-17-20-10-11-4-1-2-5-14(11)22-17/h1-7,10,12-13H,8-9H2,(H,23,25)(H,20,21,22)/t12-,13-. The van der Waals surface area contributed by atoms with Gasteiger partial charge in [-0.15, -0.1) is 0 Å². The number of pyridine rings is 1. The number of fused-ring (bicyclic) bond motifs is 2. The first-order valence-corrected chi connectivity index (χ1v) is 8.31. The zero-order valence-electron chi connectivity index (χ0n) is 13.4. The molecular weight excluding hydrogens is 316 g/mol. The maximum Gasteiger partial charge on any atom is 0.327 e. The highest BCUT2D eigenvalue weighted by Crippen LogP contribution is 2.34. The highest BCUT2D eigenvalue weighted by Gasteiger charge is 2.33. The van der Waals surface area contributed by atoms with Crippen molar-refractivity contribution in [3.63, 3.8) is 0 Å². The molecule has 0 bridgehead atoms. The molecule has 1 aliphatic carbocycles. The molecule has 0 spiro atoms. The van der Waals surface area contributed by atoms with Gasteiger partial charge in [-0.3, -0.25) is 4.57 Å². The number of anilines is 1. The van der Waals surface area contributed by atoms with Crippen molar-refractivity contribution in [2.45, 2.75) is 24.9 Å². The Balaban J connectivity index is 1.34. The smallest absolute Gasteiger partial charge is 0.327 e. The van der Waals surface area contributed by atoms with Crippen LogP contribution in [0.5, 0.6) is 0 Å². The van der Waals surface area contributed by atoms with E-state index in [2.05, 4.69) is 25.3 Å². The van der Waals surface area contributed by atoms with Crippen molar-refractivity contribution < 1.29 is 0 Å². The summed E-state index contributed by atoms with van der Waals surface area (Å²) in [6.07, 6.45) is 5.23. The van der Waals surface area contributed by atoms with Gasteiger partial charge in [-0.2, -0.15) is 0 Å². The van der Waals surface area contributed by atoms with Crippen molar-refractivity contribution >= 4 is 28.0 Å². The van der Waals surface area contributed by atoms with E-state index in [1.165, 1.54) is 0 Å². The van der Waals surface area contributed by atoms with E-state index in [9.17, 15) is 4.79 Å². The predicted octanol–water partition coefficient (Wildman–Crippen LogP) is 2.48. The number of nitrogens with zero attached hydrogens (tertiary/aromatic N) is 4. The molecule has 2 N–H and O–H groups in total. The van der Waals surface area contributed by atoms with Crippen LogP contribution in [0.15, 0.2) is 53.6 Å². The van der Waals surface area contributed by atoms with Gasteiger partial charge in [0, 0.05) is 29.9 Å². The molecule has 0 amide bonds. The Hall–Kier alpha value is -3.22. The van der Waals surface area contributed by atoms with Crippen LogP contribution in [0, 0.1) is 0 Å². The van der Waals surface area contributed by atoms with Gasteiger partial charge >= 0.3 is 5.69 Å². The summed E-state index contributed by atoms with van der Waals surface area (Å²) >= 11 is 0. The lowest BCUT2D eigenvalue weighted by Gasteiger charge is -2.36. The number of nitrogens with one attached hydrogen (secondary N) is 2. The first-order chi connectivity index (χ1) is 12.3. The van der Waals surface area contributed by atoms with Crippen LogP contribution in [0.25, 0.3) is 22.1 Å². The number of aromatic amines is 1. The second-order valence-electron chi connectivity index (χ2n) is 6.39. The number of imidazole rings is 1. The highest BCUT2D eigenvalue weighted by molar-refractivity contribution is 5.78. The van der Waals surface area contributed by atoms with Gasteiger partial charge in [-0.1, -0.05) is 18.2 Å². The topological polar surface area (TPSA) is 88.5 Å². The molecular formula is C18H16N6O. The number of hydrogen-bond donors (Lipinski definition) is 2. The second kappa shape index (κ2) is 5.41. The summed E-state index contributed by atoms with van der Waals surface area (Å²) in [6.45, 7) is 0. The lowest BCUT2D eigenvalue weighted by Crippen LogP contribution is -2.40. The quantitative estimate of drug-likeness (QED) is 0.602. The van der Waals surface area contributed by atoms with Crippen LogP contribution >= 0.6 is 0 Å². The lowest BCUT2D eigenvalue weighted by atomic mass is 9.86. The molecule has 0 unspecified atom stereocenters. The van der Waals surface area contributed by atoms with Gasteiger partial charge in [-0.25, -0.2) is 19.7 Å². The monoisotopic (exact) mass is 332 g/mol. The molecule has 1 fully saturated rings. The Morgan fingerprint density at radius 3 is 2.92 bits per heavy atom. The molecule has 1 saturated carbocycles. The van der Waals surface area contributed by atoms with Crippen LogP contribution in [0.3, 0.4) is 0 Å². The lowest BCUT2D eigenvalue weighted by molar-refractivity contribution is 0.281. The molecule has 0 atom stereocenters. The van der Waals surface area contributed by atoms with Crippen LogP contribution < -0.4 is 11.0 Å². The van der Waals surface area contributed by atoms with Crippen molar-refractivity contribution in [2.24, 2.45) is 0 Å². The number of benzene rings is 1. The van der Waals surface area contributed by atoms with E-state index in [1.54, 1.807) is 10.8 Å². The third-order valence-corrected chi connectivity index (χ3v) is 4.78. The summed E-state index contributed by atoms with van der Waals surface area (Å²) in [5.41, 5.74) is 2.33. The van der Waals surface area contributed by atoms with Crippen LogP contribution in [0.2, 0.25) is 0 Å². The van der Waals surface area contributed by atoms with E-state index < -0.39 is 0 Å². The van der Waals surface area contributed by atoms with Gasteiger partial charge in [-0.05, 0) is 31.0 Å². The molecule has 7 nitrogen and oxygen atoms in total. The fourth-order valence-electron chi connectivity index (χ4n) is 3.44. The van der Waals surface area contributed by atoms with E-state index in [1.807, 2.05) is 42.6 Å². The van der Waals surface area contributed by atoms with E-state index in [0.29, 0.717) is 5.95 Å². The Bertz CT molecular complexity index is 1130. The molecule has 124 valence electrons. The predicted molar refractivity (Wildman–Crippen MR) is 95.6 cm³/mol. The molecule has 4 aromatic rings. The van der Waals surface area contributed by atoms with Gasteiger partial charge in [0.2, 0.25) is 5.95 Å². The Labute approximate surface area is 142 Å². The minimum Gasteiger partial charge on any atom is -0.351 e. The Morgan fingerprint density at radius 1 is 1.12 bits per heavy atom. The van der Waals surface area contributed by atoms with Gasteiger partial charge in [0.05, 0.1) is 11.0 Å². The zero-order chi connectivity index (χ0) is 16.8. The summed E-state index contributed by atoms with van der Waals surface area (Å²) < 4.78 is 1.76. The maximum atomic E-state index is 12.2. The Kier molecular flexibility index (Phi) is 3.06. The molecule has 3 aromatic heterocycles. The molecule has 3 heterocycles. The van der Waals surface area contributed by atoms with E-state index in [-0.39, 0.29) is 17.8 Å². The molecule has 5 rings (SSSR count). The van der Waals surface area contributed by atoms with Crippen molar-refractivity contribution in [3.8, 4) is 0 Å². The first-order valence-electron chi connectivity index (χ1n) is 8.31.